The van der Waals surface area contributed by atoms with Crippen molar-refractivity contribution in [1.29, 1.82) is 0 Å². The van der Waals surface area contributed by atoms with Crippen molar-refractivity contribution in [3.8, 4) is 0 Å². The largest absolute Gasteiger partial charge is 0.270 e. The Kier molecular flexibility index (Phi) is 5.03. The van der Waals surface area contributed by atoms with Crippen molar-refractivity contribution in [1.82, 2.24) is 0 Å². The molecule has 0 aliphatic carbocycles. The summed E-state index contributed by atoms with van der Waals surface area (Å²) in [5.41, 5.74) is 0. The van der Waals surface area contributed by atoms with Crippen molar-refractivity contribution >= 4 is 21.7 Å². The van der Waals surface area contributed by atoms with Crippen LogP contribution in [0.5, 0.6) is 0 Å². The van der Waals surface area contributed by atoms with E-state index in [2.05, 4.69) is 4.18 Å². The summed E-state index contributed by atoms with van der Waals surface area (Å²) in [4.78, 5) is 0. The average Bonchev–Trinajstić information content (AvgIpc) is 1.78. The second kappa shape index (κ2) is 4.93. The van der Waals surface area contributed by atoms with E-state index in [1.54, 1.807) is 0 Å². The van der Waals surface area contributed by atoms with Gasteiger partial charge in [-0.05, 0) is 12.8 Å². The summed E-state index contributed by atoms with van der Waals surface area (Å²) in [5.74, 6) is 0.549. The van der Waals surface area contributed by atoms with E-state index in [0.29, 0.717) is 12.3 Å². The molecule has 0 saturated heterocycles. The Morgan fingerprint density at radius 1 is 1.40 bits per heavy atom. The highest BCUT2D eigenvalue weighted by Crippen LogP contribution is 1.95. The Morgan fingerprint density at radius 3 is 2.40 bits per heavy atom. The zero-order valence-corrected chi connectivity index (χ0v) is 7.41. The number of unbranched alkanes of at least 4 members (excludes halogenated alkanes) is 1. The van der Waals surface area contributed by atoms with Gasteiger partial charge in [-0.15, -0.1) is 11.6 Å². The Morgan fingerprint density at radius 2 is 2.00 bits per heavy atom. The third kappa shape index (κ3) is 8.20. The normalized spacial score (nSPS) is 11.8. The summed E-state index contributed by atoms with van der Waals surface area (Å²) < 4.78 is 25.1. The summed E-state index contributed by atoms with van der Waals surface area (Å²) in [5, 5.41) is 0. The van der Waals surface area contributed by atoms with Gasteiger partial charge in [0.25, 0.3) is 10.1 Å². The maximum absolute atomic E-state index is 10.3. The molecule has 0 unspecified atom stereocenters. The SMILES string of the molecule is CS(=O)(=O)OCCCCCl. The molecule has 0 aromatic rings. The Bertz CT molecular complexity index is 164. The molecular weight excluding hydrogens is 176 g/mol. The minimum Gasteiger partial charge on any atom is -0.270 e. The first-order valence-electron chi connectivity index (χ1n) is 2.96. The molecular formula is C5H11ClO3S. The van der Waals surface area contributed by atoms with Gasteiger partial charge in [0.15, 0.2) is 0 Å². The predicted octanol–water partition coefficient (Wildman–Crippen LogP) is 0.982. The molecule has 62 valence electrons. The first-order chi connectivity index (χ1) is 4.56. The summed E-state index contributed by atoms with van der Waals surface area (Å²) in [6.07, 6.45) is 2.52. The van der Waals surface area contributed by atoms with Crippen LogP contribution in [0, 0.1) is 0 Å². The number of halogens is 1. The van der Waals surface area contributed by atoms with Crippen LogP contribution in [0.4, 0.5) is 0 Å². The van der Waals surface area contributed by atoms with E-state index in [4.69, 9.17) is 11.6 Å². The van der Waals surface area contributed by atoms with Gasteiger partial charge in [0.05, 0.1) is 12.9 Å². The number of hydrogen-bond acceptors (Lipinski definition) is 3. The van der Waals surface area contributed by atoms with E-state index in [1.165, 1.54) is 0 Å². The zero-order chi connectivity index (χ0) is 8.04. The summed E-state index contributed by atoms with van der Waals surface area (Å²) in [6.45, 7) is 0.242. The van der Waals surface area contributed by atoms with Crippen LogP contribution in [-0.2, 0) is 14.3 Å². The lowest BCUT2D eigenvalue weighted by Crippen LogP contribution is -2.03. The molecule has 3 nitrogen and oxygen atoms in total. The van der Waals surface area contributed by atoms with E-state index in [9.17, 15) is 8.42 Å². The maximum atomic E-state index is 10.3. The standard InChI is InChI=1S/C5H11ClO3S/c1-10(7,8)9-5-3-2-4-6/h2-5H2,1H3. The summed E-state index contributed by atoms with van der Waals surface area (Å²) >= 11 is 5.35. The third-order valence-corrected chi connectivity index (χ3v) is 1.69. The lowest BCUT2D eigenvalue weighted by molar-refractivity contribution is 0.314. The molecule has 0 radical (unpaired) electrons. The van der Waals surface area contributed by atoms with Crippen molar-refractivity contribution in [2.24, 2.45) is 0 Å². The average molecular weight is 187 g/mol. The molecule has 10 heavy (non-hydrogen) atoms. The molecule has 0 spiro atoms. The van der Waals surface area contributed by atoms with Crippen LogP contribution >= 0.6 is 11.6 Å². The molecule has 0 aromatic carbocycles. The quantitative estimate of drug-likeness (QED) is 0.365. The van der Waals surface area contributed by atoms with Gasteiger partial charge in [0, 0.05) is 5.88 Å². The smallest absolute Gasteiger partial charge is 0.264 e. The van der Waals surface area contributed by atoms with E-state index in [1.807, 2.05) is 0 Å². The molecule has 0 aromatic heterocycles. The van der Waals surface area contributed by atoms with Gasteiger partial charge in [-0.25, -0.2) is 0 Å². The fraction of sp³-hybridized carbons (Fsp3) is 1.00. The molecule has 0 fully saturated rings. The monoisotopic (exact) mass is 186 g/mol. The second-order valence-corrected chi connectivity index (χ2v) is 3.94. The van der Waals surface area contributed by atoms with Crippen LogP contribution in [0.15, 0.2) is 0 Å². The number of rotatable bonds is 5. The van der Waals surface area contributed by atoms with Gasteiger partial charge in [0.1, 0.15) is 0 Å². The van der Waals surface area contributed by atoms with Crippen molar-refractivity contribution < 1.29 is 12.6 Å². The molecule has 0 rings (SSSR count). The molecule has 5 heteroatoms. The van der Waals surface area contributed by atoms with Gasteiger partial charge >= 0.3 is 0 Å². The van der Waals surface area contributed by atoms with E-state index in [-0.39, 0.29) is 6.61 Å². The highest BCUT2D eigenvalue weighted by Gasteiger charge is 1.99. The van der Waals surface area contributed by atoms with Gasteiger partial charge in [0.2, 0.25) is 0 Å². The van der Waals surface area contributed by atoms with Gasteiger partial charge < -0.3 is 0 Å². The summed E-state index contributed by atoms with van der Waals surface area (Å²) in [6, 6.07) is 0. The molecule has 0 heterocycles. The van der Waals surface area contributed by atoms with Crippen molar-refractivity contribution in [3.05, 3.63) is 0 Å². The molecule has 0 N–H and O–H groups in total. The van der Waals surface area contributed by atoms with Crippen LogP contribution < -0.4 is 0 Å². The molecule has 0 aliphatic heterocycles. The van der Waals surface area contributed by atoms with Gasteiger partial charge in [-0.3, -0.25) is 4.18 Å². The topological polar surface area (TPSA) is 43.4 Å². The molecule has 0 aliphatic rings. The van der Waals surface area contributed by atoms with E-state index in [0.717, 1.165) is 12.7 Å². The molecule has 0 amide bonds. The van der Waals surface area contributed by atoms with Gasteiger partial charge in [-0.2, -0.15) is 8.42 Å². The van der Waals surface area contributed by atoms with E-state index >= 15 is 0 Å². The van der Waals surface area contributed by atoms with Crippen LogP contribution in [-0.4, -0.2) is 27.2 Å². The highest BCUT2D eigenvalue weighted by molar-refractivity contribution is 7.85. The Balaban J connectivity index is 3.21. The maximum Gasteiger partial charge on any atom is 0.264 e. The minimum absolute atomic E-state index is 0.242. The highest BCUT2D eigenvalue weighted by atomic mass is 35.5. The lowest BCUT2D eigenvalue weighted by Gasteiger charge is -1.97. The predicted molar refractivity (Wildman–Crippen MR) is 40.7 cm³/mol. The summed E-state index contributed by atoms with van der Waals surface area (Å²) in [7, 11) is -3.25. The number of hydrogen-bond donors (Lipinski definition) is 0. The van der Waals surface area contributed by atoms with Crippen molar-refractivity contribution in [3.63, 3.8) is 0 Å². The third-order valence-electron chi connectivity index (χ3n) is 0.825. The second-order valence-electron chi connectivity index (χ2n) is 1.92. The molecule has 0 atom stereocenters. The zero-order valence-electron chi connectivity index (χ0n) is 5.84. The van der Waals surface area contributed by atoms with Crippen molar-refractivity contribution in [2.45, 2.75) is 12.8 Å². The first kappa shape index (κ1) is 10.2. The van der Waals surface area contributed by atoms with Crippen molar-refractivity contribution in [2.75, 3.05) is 18.7 Å². The van der Waals surface area contributed by atoms with Crippen LogP contribution in [0.3, 0.4) is 0 Å². The lowest BCUT2D eigenvalue weighted by atomic mass is 10.4. The number of alkyl halides is 1. The minimum atomic E-state index is -3.25. The van der Waals surface area contributed by atoms with Crippen LogP contribution in [0.2, 0.25) is 0 Å². The fourth-order valence-electron chi connectivity index (χ4n) is 0.407. The fourth-order valence-corrected chi connectivity index (χ4v) is 1.02. The van der Waals surface area contributed by atoms with Crippen LogP contribution in [0.25, 0.3) is 0 Å². The Labute approximate surface area is 66.5 Å². The Hall–Kier alpha value is 0.200. The van der Waals surface area contributed by atoms with E-state index < -0.39 is 10.1 Å². The van der Waals surface area contributed by atoms with Gasteiger partial charge in [-0.1, -0.05) is 0 Å². The molecule has 0 bridgehead atoms. The molecule has 0 saturated carbocycles. The van der Waals surface area contributed by atoms with Crippen LogP contribution in [0.1, 0.15) is 12.8 Å². The first-order valence-corrected chi connectivity index (χ1v) is 5.32.